The smallest absolute Gasteiger partial charge is 0.144 e. The van der Waals surface area contributed by atoms with Gasteiger partial charge in [-0.1, -0.05) is 0 Å². The van der Waals surface area contributed by atoms with E-state index in [2.05, 4.69) is 31.2 Å². The summed E-state index contributed by atoms with van der Waals surface area (Å²) in [4.78, 5) is 9.14. The Bertz CT molecular complexity index is 381. The van der Waals surface area contributed by atoms with E-state index in [1.807, 2.05) is 37.5 Å². The molecule has 0 bridgehead atoms. The summed E-state index contributed by atoms with van der Waals surface area (Å²) in [5.74, 6) is 5.41. The highest BCUT2D eigenvalue weighted by atomic mass is 79.9. The highest BCUT2D eigenvalue weighted by Crippen LogP contribution is 2.36. The van der Waals surface area contributed by atoms with Crippen molar-refractivity contribution in [2.45, 2.75) is 12.2 Å². The molecule has 0 spiro atoms. The molecule has 0 aliphatic carbocycles. The SMILES string of the molecule is CNc1nc(C2CSCCS2)nc(C)c1Br. The topological polar surface area (TPSA) is 37.8 Å². The predicted molar refractivity (Wildman–Crippen MR) is 76.5 cm³/mol. The molecule has 1 atom stereocenters. The molecule has 1 N–H and O–H groups in total. The van der Waals surface area contributed by atoms with E-state index in [4.69, 9.17) is 0 Å². The van der Waals surface area contributed by atoms with Crippen molar-refractivity contribution in [1.29, 1.82) is 0 Å². The molecule has 1 aromatic heterocycles. The normalized spacial score (nSPS) is 20.8. The van der Waals surface area contributed by atoms with Crippen LogP contribution >= 0.6 is 39.5 Å². The number of aryl methyl sites for hydroxylation is 1. The third kappa shape index (κ3) is 2.65. The van der Waals surface area contributed by atoms with Gasteiger partial charge in [-0.2, -0.15) is 11.8 Å². The molecule has 88 valence electrons. The van der Waals surface area contributed by atoms with Gasteiger partial charge in [-0.15, -0.1) is 11.8 Å². The molecule has 0 saturated carbocycles. The molecule has 1 aliphatic rings. The lowest BCUT2D eigenvalue weighted by atomic mass is 10.3. The molecule has 0 amide bonds. The van der Waals surface area contributed by atoms with Crippen molar-refractivity contribution in [3.8, 4) is 0 Å². The molecule has 0 aromatic carbocycles. The van der Waals surface area contributed by atoms with E-state index in [1.54, 1.807) is 0 Å². The zero-order chi connectivity index (χ0) is 11.5. The average molecular weight is 320 g/mol. The Morgan fingerprint density at radius 1 is 1.38 bits per heavy atom. The van der Waals surface area contributed by atoms with Crippen LogP contribution < -0.4 is 5.32 Å². The van der Waals surface area contributed by atoms with Crippen molar-refractivity contribution in [1.82, 2.24) is 9.97 Å². The fourth-order valence-electron chi connectivity index (χ4n) is 1.53. The number of thioether (sulfide) groups is 2. The van der Waals surface area contributed by atoms with E-state index >= 15 is 0 Å². The molecule has 6 heteroatoms. The van der Waals surface area contributed by atoms with Crippen molar-refractivity contribution in [2.75, 3.05) is 29.6 Å². The minimum absolute atomic E-state index is 0.442. The molecule has 2 rings (SSSR count). The minimum Gasteiger partial charge on any atom is -0.372 e. The second-order valence-corrected chi connectivity index (χ2v) is 6.77. The van der Waals surface area contributed by atoms with Crippen LogP contribution in [-0.2, 0) is 0 Å². The summed E-state index contributed by atoms with van der Waals surface area (Å²) in [7, 11) is 1.89. The van der Waals surface area contributed by atoms with E-state index in [9.17, 15) is 0 Å². The molecule has 1 fully saturated rings. The minimum atomic E-state index is 0.442. The van der Waals surface area contributed by atoms with Gasteiger partial charge >= 0.3 is 0 Å². The van der Waals surface area contributed by atoms with Gasteiger partial charge in [-0.05, 0) is 22.9 Å². The van der Waals surface area contributed by atoms with Gasteiger partial charge in [0, 0.05) is 24.3 Å². The van der Waals surface area contributed by atoms with Gasteiger partial charge in [0.05, 0.1) is 15.4 Å². The highest BCUT2D eigenvalue weighted by molar-refractivity contribution is 9.10. The number of hydrogen-bond acceptors (Lipinski definition) is 5. The number of hydrogen-bond donors (Lipinski definition) is 1. The second kappa shape index (κ2) is 5.60. The van der Waals surface area contributed by atoms with Crippen LogP contribution in [0.5, 0.6) is 0 Å². The number of aromatic nitrogens is 2. The summed E-state index contributed by atoms with van der Waals surface area (Å²) in [5.41, 5.74) is 1.01. The van der Waals surface area contributed by atoms with Crippen LogP contribution in [0.15, 0.2) is 4.47 Å². The van der Waals surface area contributed by atoms with Gasteiger partial charge < -0.3 is 5.32 Å². The van der Waals surface area contributed by atoms with Crippen molar-refractivity contribution in [3.05, 3.63) is 16.0 Å². The Labute approximate surface area is 113 Å². The van der Waals surface area contributed by atoms with Crippen molar-refractivity contribution >= 4 is 45.3 Å². The summed E-state index contributed by atoms with van der Waals surface area (Å²) in [6.45, 7) is 2.01. The van der Waals surface area contributed by atoms with Crippen molar-refractivity contribution in [3.63, 3.8) is 0 Å². The Morgan fingerprint density at radius 2 is 2.19 bits per heavy atom. The fraction of sp³-hybridized carbons (Fsp3) is 0.600. The maximum atomic E-state index is 4.57. The third-order valence-electron chi connectivity index (χ3n) is 2.37. The molecule has 0 radical (unpaired) electrons. The van der Waals surface area contributed by atoms with Gasteiger partial charge in [0.15, 0.2) is 0 Å². The lowest BCUT2D eigenvalue weighted by Crippen LogP contribution is -2.12. The first-order valence-corrected chi connectivity index (χ1v) is 8.13. The standard InChI is InChI=1S/C10H14BrN3S2/c1-6-8(11)10(12-2)14-9(13-6)7-5-15-3-4-16-7/h7H,3-5H2,1-2H3,(H,12,13,14). The summed E-state index contributed by atoms with van der Waals surface area (Å²) in [5, 5.41) is 3.54. The highest BCUT2D eigenvalue weighted by Gasteiger charge is 2.21. The number of nitrogens with zero attached hydrogens (tertiary/aromatic N) is 2. The first-order chi connectivity index (χ1) is 7.72. The monoisotopic (exact) mass is 319 g/mol. The van der Waals surface area contributed by atoms with Crippen LogP contribution in [0.4, 0.5) is 5.82 Å². The molecule has 1 aromatic rings. The zero-order valence-corrected chi connectivity index (χ0v) is 12.5. The van der Waals surface area contributed by atoms with Gasteiger partial charge in [0.1, 0.15) is 11.6 Å². The van der Waals surface area contributed by atoms with Crippen LogP contribution in [0.3, 0.4) is 0 Å². The Morgan fingerprint density at radius 3 is 2.81 bits per heavy atom. The Balaban J connectivity index is 2.29. The molecule has 1 aliphatic heterocycles. The molecule has 1 saturated heterocycles. The first kappa shape index (κ1) is 12.5. The molecule has 16 heavy (non-hydrogen) atoms. The lowest BCUT2D eigenvalue weighted by Gasteiger charge is -2.20. The summed E-state index contributed by atoms with van der Waals surface area (Å²) in [6, 6.07) is 0. The van der Waals surface area contributed by atoms with Gasteiger partial charge in [-0.25, -0.2) is 9.97 Å². The van der Waals surface area contributed by atoms with Crippen LogP contribution in [0.1, 0.15) is 16.8 Å². The van der Waals surface area contributed by atoms with Crippen LogP contribution in [0.25, 0.3) is 0 Å². The molecular formula is C10H14BrN3S2. The zero-order valence-electron chi connectivity index (χ0n) is 9.29. The summed E-state index contributed by atoms with van der Waals surface area (Å²) < 4.78 is 0.965. The first-order valence-electron chi connectivity index (χ1n) is 5.13. The van der Waals surface area contributed by atoms with Gasteiger partial charge in [0.2, 0.25) is 0 Å². The van der Waals surface area contributed by atoms with E-state index in [-0.39, 0.29) is 0 Å². The van der Waals surface area contributed by atoms with Gasteiger partial charge in [0.25, 0.3) is 0 Å². The number of anilines is 1. The molecular weight excluding hydrogens is 306 g/mol. The molecule has 1 unspecified atom stereocenters. The van der Waals surface area contributed by atoms with Gasteiger partial charge in [-0.3, -0.25) is 0 Å². The van der Waals surface area contributed by atoms with E-state index in [0.29, 0.717) is 5.25 Å². The van der Waals surface area contributed by atoms with Crippen molar-refractivity contribution < 1.29 is 0 Å². The quantitative estimate of drug-likeness (QED) is 0.906. The summed E-state index contributed by atoms with van der Waals surface area (Å²) in [6.07, 6.45) is 0. The largest absolute Gasteiger partial charge is 0.372 e. The predicted octanol–water partition coefficient (Wildman–Crippen LogP) is 3.11. The third-order valence-corrected chi connectivity index (χ3v) is 6.08. The number of rotatable bonds is 2. The number of halogens is 1. The van der Waals surface area contributed by atoms with Crippen molar-refractivity contribution in [2.24, 2.45) is 0 Å². The maximum Gasteiger partial charge on any atom is 0.144 e. The van der Waals surface area contributed by atoms with Crippen LogP contribution in [0.2, 0.25) is 0 Å². The Kier molecular flexibility index (Phi) is 4.38. The van der Waals surface area contributed by atoms with E-state index < -0.39 is 0 Å². The fourth-order valence-corrected chi connectivity index (χ4v) is 4.50. The van der Waals surface area contributed by atoms with E-state index in [0.717, 1.165) is 27.6 Å². The van der Waals surface area contributed by atoms with Crippen LogP contribution in [-0.4, -0.2) is 34.3 Å². The Hall–Kier alpha value is 0.0600. The summed E-state index contributed by atoms with van der Waals surface area (Å²) >= 11 is 7.45. The van der Waals surface area contributed by atoms with Crippen LogP contribution in [0, 0.1) is 6.92 Å². The molecule has 2 heterocycles. The maximum absolute atomic E-state index is 4.57. The lowest BCUT2D eigenvalue weighted by molar-refractivity contribution is 0.900. The molecule has 3 nitrogen and oxygen atoms in total. The van der Waals surface area contributed by atoms with E-state index in [1.165, 1.54) is 11.5 Å². The average Bonchev–Trinajstić information content (AvgIpc) is 2.33. The second-order valence-electron chi connectivity index (χ2n) is 3.51. The number of nitrogens with one attached hydrogen (secondary N) is 1.